The van der Waals surface area contributed by atoms with Crippen molar-refractivity contribution >= 4 is 21.8 Å². The topological polar surface area (TPSA) is 29.1 Å². The second-order valence-corrected chi connectivity index (χ2v) is 5.51. The minimum absolute atomic E-state index is 0.126. The van der Waals surface area contributed by atoms with Gasteiger partial charge < -0.3 is 5.32 Å². The minimum Gasteiger partial charge on any atom is -0.351 e. The maximum atomic E-state index is 13.4. The molecule has 1 aliphatic rings. The molecule has 98 valence electrons. The fourth-order valence-corrected chi connectivity index (χ4v) is 2.80. The summed E-state index contributed by atoms with van der Waals surface area (Å²) in [5.41, 5.74) is -0.368. The Hall–Kier alpha value is -0.970. The first-order valence-electron chi connectivity index (χ1n) is 5.86. The molecule has 18 heavy (non-hydrogen) atoms. The summed E-state index contributed by atoms with van der Waals surface area (Å²) in [5.74, 6) is -2.32. The van der Waals surface area contributed by atoms with Gasteiger partial charge in [-0.2, -0.15) is 0 Å². The first kappa shape index (κ1) is 13.5. The van der Waals surface area contributed by atoms with Gasteiger partial charge in [0.05, 0.1) is 0 Å². The highest BCUT2D eigenvalue weighted by Crippen LogP contribution is 2.48. The van der Waals surface area contributed by atoms with Gasteiger partial charge in [-0.1, -0.05) is 22.0 Å². The number of benzene rings is 1. The van der Waals surface area contributed by atoms with Gasteiger partial charge in [-0.05, 0) is 36.8 Å². The molecule has 1 aliphatic carbocycles. The Labute approximate surface area is 113 Å². The zero-order valence-corrected chi connectivity index (χ0v) is 11.4. The second-order valence-electron chi connectivity index (χ2n) is 4.72. The van der Waals surface area contributed by atoms with Crippen molar-refractivity contribution in [2.45, 2.75) is 19.3 Å². The Morgan fingerprint density at radius 2 is 1.94 bits per heavy atom. The van der Waals surface area contributed by atoms with Crippen molar-refractivity contribution in [1.29, 1.82) is 0 Å². The monoisotopic (exact) mass is 317 g/mol. The summed E-state index contributed by atoms with van der Waals surface area (Å²) in [6.07, 6.45) is 3.07. The van der Waals surface area contributed by atoms with Gasteiger partial charge >= 0.3 is 0 Å². The van der Waals surface area contributed by atoms with E-state index in [-0.39, 0.29) is 5.41 Å². The Balaban J connectivity index is 2.00. The molecule has 1 amide bonds. The molecule has 0 heterocycles. The molecule has 2 rings (SSSR count). The molecule has 0 saturated heterocycles. The van der Waals surface area contributed by atoms with E-state index in [4.69, 9.17) is 0 Å². The summed E-state index contributed by atoms with van der Waals surface area (Å²) in [4.78, 5) is 11.8. The SMILES string of the molecule is O=C(NCC1(CCBr)CC1)c1c(F)cccc1F. The summed E-state index contributed by atoms with van der Waals surface area (Å²) in [6, 6.07) is 3.42. The molecule has 5 heteroatoms. The van der Waals surface area contributed by atoms with Crippen LogP contribution in [-0.4, -0.2) is 17.8 Å². The maximum absolute atomic E-state index is 13.4. The molecule has 1 aromatic rings. The van der Waals surface area contributed by atoms with E-state index < -0.39 is 23.1 Å². The number of halogens is 3. The zero-order chi connectivity index (χ0) is 13.2. The number of carbonyl (C=O) groups is 1. The fraction of sp³-hybridized carbons (Fsp3) is 0.462. The Morgan fingerprint density at radius 1 is 1.33 bits per heavy atom. The van der Waals surface area contributed by atoms with Crippen LogP contribution >= 0.6 is 15.9 Å². The number of hydrogen-bond donors (Lipinski definition) is 1. The standard InChI is InChI=1S/C13H14BrF2NO/c14-7-6-13(4-5-13)8-17-12(18)11-9(15)2-1-3-10(11)16/h1-3H,4-8H2,(H,17,18). The lowest BCUT2D eigenvalue weighted by molar-refractivity contribution is 0.0936. The summed E-state index contributed by atoms with van der Waals surface area (Å²) >= 11 is 3.37. The molecule has 0 unspecified atom stereocenters. The molecule has 0 spiro atoms. The molecule has 1 N–H and O–H groups in total. The Morgan fingerprint density at radius 3 is 2.44 bits per heavy atom. The summed E-state index contributed by atoms with van der Waals surface area (Å²) < 4.78 is 26.8. The van der Waals surface area contributed by atoms with Crippen LogP contribution in [0.25, 0.3) is 0 Å². The van der Waals surface area contributed by atoms with Gasteiger partial charge in [0.15, 0.2) is 0 Å². The van der Waals surface area contributed by atoms with Crippen molar-refractivity contribution in [1.82, 2.24) is 5.32 Å². The highest BCUT2D eigenvalue weighted by Gasteiger charge is 2.41. The average molecular weight is 318 g/mol. The number of hydrogen-bond acceptors (Lipinski definition) is 1. The van der Waals surface area contributed by atoms with E-state index in [2.05, 4.69) is 21.2 Å². The second kappa shape index (κ2) is 5.34. The van der Waals surface area contributed by atoms with Crippen LogP contribution in [0.5, 0.6) is 0 Å². The van der Waals surface area contributed by atoms with Crippen LogP contribution in [0.3, 0.4) is 0 Å². The largest absolute Gasteiger partial charge is 0.351 e. The predicted octanol–water partition coefficient (Wildman–Crippen LogP) is 3.26. The van der Waals surface area contributed by atoms with E-state index in [1.165, 1.54) is 6.07 Å². The van der Waals surface area contributed by atoms with Gasteiger partial charge in [0.2, 0.25) is 0 Å². The molecule has 0 aromatic heterocycles. The zero-order valence-electron chi connectivity index (χ0n) is 9.81. The van der Waals surface area contributed by atoms with Crippen LogP contribution in [-0.2, 0) is 0 Å². The third kappa shape index (κ3) is 2.88. The van der Waals surface area contributed by atoms with E-state index >= 15 is 0 Å². The third-order valence-corrected chi connectivity index (χ3v) is 3.79. The lowest BCUT2D eigenvalue weighted by Crippen LogP contribution is -2.31. The van der Waals surface area contributed by atoms with Gasteiger partial charge in [0.25, 0.3) is 5.91 Å². The first-order valence-corrected chi connectivity index (χ1v) is 6.98. The van der Waals surface area contributed by atoms with Crippen molar-refractivity contribution < 1.29 is 13.6 Å². The molecule has 1 aromatic carbocycles. The van der Waals surface area contributed by atoms with E-state index in [9.17, 15) is 13.6 Å². The summed E-state index contributed by atoms with van der Waals surface area (Å²) in [5, 5.41) is 3.50. The molecule has 0 radical (unpaired) electrons. The fourth-order valence-electron chi connectivity index (χ4n) is 1.96. The highest BCUT2D eigenvalue weighted by molar-refractivity contribution is 9.09. The van der Waals surface area contributed by atoms with E-state index in [0.29, 0.717) is 6.54 Å². The molecule has 1 saturated carbocycles. The number of nitrogens with one attached hydrogen (secondary N) is 1. The van der Waals surface area contributed by atoms with Gasteiger partial charge in [0, 0.05) is 11.9 Å². The maximum Gasteiger partial charge on any atom is 0.257 e. The number of rotatable bonds is 5. The van der Waals surface area contributed by atoms with Crippen LogP contribution in [0.1, 0.15) is 29.6 Å². The quantitative estimate of drug-likeness (QED) is 0.830. The molecule has 0 aliphatic heterocycles. The lowest BCUT2D eigenvalue weighted by Gasteiger charge is -2.14. The molecule has 1 fully saturated rings. The molecule has 2 nitrogen and oxygen atoms in total. The smallest absolute Gasteiger partial charge is 0.257 e. The minimum atomic E-state index is -0.821. The lowest BCUT2D eigenvalue weighted by atomic mass is 10.0. The molecule has 0 bridgehead atoms. The molecular formula is C13H14BrF2NO. The van der Waals surface area contributed by atoms with Gasteiger partial charge in [-0.3, -0.25) is 4.79 Å². The predicted molar refractivity (Wildman–Crippen MR) is 68.8 cm³/mol. The van der Waals surface area contributed by atoms with Crippen LogP contribution in [0.15, 0.2) is 18.2 Å². The summed E-state index contributed by atoms with van der Waals surface area (Å²) in [6.45, 7) is 0.477. The van der Waals surface area contributed by atoms with Crippen molar-refractivity contribution in [3.05, 3.63) is 35.4 Å². The van der Waals surface area contributed by atoms with Gasteiger partial charge in [-0.15, -0.1) is 0 Å². The van der Waals surface area contributed by atoms with Gasteiger partial charge in [0.1, 0.15) is 17.2 Å². The highest BCUT2D eigenvalue weighted by atomic mass is 79.9. The van der Waals surface area contributed by atoms with E-state index in [0.717, 1.165) is 36.7 Å². The molecule has 0 atom stereocenters. The Bertz CT molecular complexity index is 440. The average Bonchev–Trinajstić information content (AvgIpc) is 3.07. The van der Waals surface area contributed by atoms with E-state index in [1.54, 1.807) is 0 Å². The van der Waals surface area contributed by atoms with Crippen molar-refractivity contribution in [3.8, 4) is 0 Å². The van der Waals surface area contributed by atoms with Gasteiger partial charge in [-0.25, -0.2) is 8.78 Å². The Kier molecular flexibility index (Phi) is 4.00. The summed E-state index contributed by atoms with van der Waals surface area (Å²) in [7, 11) is 0. The van der Waals surface area contributed by atoms with Crippen LogP contribution in [0.4, 0.5) is 8.78 Å². The number of amides is 1. The number of alkyl halides is 1. The molecular weight excluding hydrogens is 304 g/mol. The normalized spacial score (nSPS) is 16.4. The van der Waals surface area contributed by atoms with Crippen molar-refractivity contribution in [2.24, 2.45) is 5.41 Å². The van der Waals surface area contributed by atoms with Crippen molar-refractivity contribution in [3.63, 3.8) is 0 Å². The van der Waals surface area contributed by atoms with E-state index in [1.807, 2.05) is 0 Å². The first-order chi connectivity index (χ1) is 8.58. The van der Waals surface area contributed by atoms with Crippen molar-refractivity contribution in [2.75, 3.05) is 11.9 Å². The van der Waals surface area contributed by atoms with Crippen LogP contribution in [0, 0.1) is 17.0 Å². The van der Waals surface area contributed by atoms with Crippen LogP contribution < -0.4 is 5.32 Å². The third-order valence-electron chi connectivity index (χ3n) is 3.40. The number of carbonyl (C=O) groups excluding carboxylic acids is 1. The van der Waals surface area contributed by atoms with Crippen LogP contribution in [0.2, 0.25) is 0 Å².